The van der Waals surface area contributed by atoms with E-state index in [4.69, 9.17) is 5.73 Å². The third-order valence-electron chi connectivity index (χ3n) is 2.61. The second-order valence-electron chi connectivity index (χ2n) is 4.31. The largest absolute Gasteiger partial charge is 0.341 e. The van der Waals surface area contributed by atoms with Crippen molar-refractivity contribution in [3.63, 3.8) is 0 Å². The number of rotatable bonds is 2. The van der Waals surface area contributed by atoms with E-state index in [1.807, 2.05) is 19.9 Å². The zero-order valence-corrected chi connectivity index (χ0v) is 8.84. The zero-order valence-electron chi connectivity index (χ0n) is 8.84. The van der Waals surface area contributed by atoms with Crippen LogP contribution in [0.5, 0.6) is 0 Å². The molecule has 1 aromatic heterocycles. The number of nitrogens with two attached hydrogens (primary N) is 1. The molecular formula is C11H14FN3. The van der Waals surface area contributed by atoms with E-state index in [1.54, 1.807) is 6.07 Å². The first kappa shape index (κ1) is 10.1. The summed E-state index contributed by atoms with van der Waals surface area (Å²) in [4.78, 5) is 7.34. The summed E-state index contributed by atoms with van der Waals surface area (Å²) in [6.45, 7) is 4.42. The van der Waals surface area contributed by atoms with Crippen molar-refractivity contribution in [2.24, 2.45) is 5.73 Å². The van der Waals surface area contributed by atoms with Crippen LogP contribution in [0.25, 0.3) is 11.0 Å². The average Bonchev–Trinajstić information content (AvgIpc) is 2.64. The summed E-state index contributed by atoms with van der Waals surface area (Å²) in [5.74, 6) is 0.424. The van der Waals surface area contributed by atoms with Gasteiger partial charge in [0.05, 0.1) is 5.52 Å². The maximum atomic E-state index is 13.4. The van der Waals surface area contributed by atoms with Crippen molar-refractivity contribution in [3.05, 3.63) is 29.8 Å². The van der Waals surface area contributed by atoms with Gasteiger partial charge in [-0.2, -0.15) is 0 Å². The summed E-state index contributed by atoms with van der Waals surface area (Å²) in [6, 6.07) is 4.87. The second-order valence-corrected chi connectivity index (χ2v) is 4.31. The standard InChI is InChI=1S/C11H14FN3/c1-11(2,6-13)10-14-8-5-3-4-7(12)9(8)15-10/h3-5H,6,13H2,1-2H3,(H,14,15). The molecule has 0 fully saturated rings. The predicted octanol–water partition coefficient (Wildman–Crippen LogP) is 1.94. The smallest absolute Gasteiger partial charge is 0.151 e. The van der Waals surface area contributed by atoms with Crippen molar-refractivity contribution in [2.45, 2.75) is 19.3 Å². The molecular weight excluding hydrogens is 193 g/mol. The third-order valence-corrected chi connectivity index (χ3v) is 2.61. The number of aromatic amines is 1. The molecule has 0 unspecified atom stereocenters. The van der Waals surface area contributed by atoms with Crippen LogP contribution in [-0.4, -0.2) is 16.5 Å². The summed E-state index contributed by atoms with van der Waals surface area (Å²) in [5.41, 5.74) is 6.48. The molecule has 0 aliphatic rings. The van der Waals surface area contributed by atoms with Crippen molar-refractivity contribution in [3.8, 4) is 0 Å². The molecule has 0 bridgehead atoms. The summed E-state index contributed by atoms with van der Waals surface area (Å²) in [6.07, 6.45) is 0. The Balaban J connectivity index is 2.62. The summed E-state index contributed by atoms with van der Waals surface area (Å²) in [7, 11) is 0. The lowest BCUT2D eigenvalue weighted by atomic mass is 9.93. The lowest BCUT2D eigenvalue weighted by Crippen LogP contribution is -2.29. The highest BCUT2D eigenvalue weighted by atomic mass is 19.1. The SMILES string of the molecule is CC(C)(CN)c1nc2c(F)cccc2[nH]1. The van der Waals surface area contributed by atoms with E-state index in [9.17, 15) is 4.39 Å². The van der Waals surface area contributed by atoms with E-state index < -0.39 is 0 Å². The first-order valence-electron chi connectivity index (χ1n) is 4.89. The molecule has 0 radical (unpaired) electrons. The number of nitrogens with zero attached hydrogens (tertiary/aromatic N) is 1. The van der Waals surface area contributed by atoms with Gasteiger partial charge in [-0.3, -0.25) is 0 Å². The second kappa shape index (κ2) is 3.31. The van der Waals surface area contributed by atoms with Gasteiger partial charge in [0, 0.05) is 12.0 Å². The molecule has 0 amide bonds. The van der Waals surface area contributed by atoms with Crippen molar-refractivity contribution < 1.29 is 4.39 Å². The predicted molar refractivity (Wildman–Crippen MR) is 58.1 cm³/mol. The Morgan fingerprint density at radius 2 is 2.20 bits per heavy atom. The maximum absolute atomic E-state index is 13.4. The van der Waals surface area contributed by atoms with Crippen molar-refractivity contribution >= 4 is 11.0 Å². The van der Waals surface area contributed by atoms with Gasteiger partial charge >= 0.3 is 0 Å². The highest BCUT2D eigenvalue weighted by Gasteiger charge is 2.23. The molecule has 80 valence electrons. The Morgan fingerprint density at radius 3 is 2.80 bits per heavy atom. The molecule has 0 spiro atoms. The van der Waals surface area contributed by atoms with Crippen LogP contribution in [0.4, 0.5) is 4.39 Å². The molecule has 2 aromatic rings. The zero-order chi connectivity index (χ0) is 11.1. The van der Waals surface area contributed by atoms with Crippen LogP contribution in [0.1, 0.15) is 19.7 Å². The molecule has 0 saturated heterocycles. The highest BCUT2D eigenvalue weighted by molar-refractivity contribution is 5.75. The fraction of sp³-hybridized carbons (Fsp3) is 0.364. The number of aromatic nitrogens is 2. The minimum Gasteiger partial charge on any atom is -0.341 e. The van der Waals surface area contributed by atoms with Crippen LogP contribution in [0.2, 0.25) is 0 Å². The Bertz CT molecular complexity index is 488. The first-order chi connectivity index (χ1) is 7.04. The number of imidazole rings is 1. The Labute approximate surface area is 87.5 Å². The molecule has 1 aromatic carbocycles. The van der Waals surface area contributed by atoms with Crippen molar-refractivity contribution in [2.75, 3.05) is 6.54 Å². The van der Waals surface area contributed by atoms with E-state index >= 15 is 0 Å². The number of hydrogen-bond acceptors (Lipinski definition) is 2. The number of benzene rings is 1. The third kappa shape index (κ3) is 1.61. The molecule has 0 saturated carbocycles. The van der Waals surface area contributed by atoms with E-state index in [0.717, 1.165) is 5.82 Å². The van der Waals surface area contributed by atoms with Gasteiger partial charge in [0.2, 0.25) is 0 Å². The number of hydrogen-bond donors (Lipinski definition) is 2. The lowest BCUT2D eigenvalue weighted by Gasteiger charge is -2.18. The van der Waals surface area contributed by atoms with Gasteiger partial charge in [0.25, 0.3) is 0 Å². The first-order valence-corrected chi connectivity index (χ1v) is 4.89. The average molecular weight is 207 g/mol. The lowest BCUT2D eigenvalue weighted by molar-refractivity contribution is 0.509. The van der Waals surface area contributed by atoms with E-state index in [2.05, 4.69) is 9.97 Å². The number of para-hydroxylation sites is 1. The van der Waals surface area contributed by atoms with Crippen LogP contribution >= 0.6 is 0 Å². The fourth-order valence-electron chi connectivity index (χ4n) is 1.41. The maximum Gasteiger partial charge on any atom is 0.151 e. The molecule has 1 heterocycles. The van der Waals surface area contributed by atoms with Crippen LogP contribution in [0.15, 0.2) is 18.2 Å². The topological polar surface area (TPSA) is 54.7 Å². The minimum atomic E-state index is -0.303. The van der Waals surface area contributed by atoms with Crippen LogP contribution in [-0.2, 0) is 5.41 Å². The Hall–Kier alpha value is -1.42. The molecule has 15 heavy (non-hydrogen) atoms. The van der Waals surface area contributed by atoms with Gasteiger partial charge in [0.1, 0.15) is 11.3 Å². The molecule has 3 N–H and O–H groups in total. The van der Waals surface area contributed by atoms with Gasteiger partial charge in [-0.25, -0.2) is 9.37 Å². The van der Waals surface area contributed by atoms with Gasteiger partial charge in [-0.1, -0.05) is 19.9 Å². The number of fused-ring (bicyclic) bond motifs is 1. The fourth-order valence-corrected chi connectivity index (χ4v) is 1.41. The monoisotopic (exact) mass is 207 g/mol. The molecule has 0 aliphatic heterocycles. The van der Waals surface area contributed by atoms with Crippen molar-refractivity contribution in [1.82, 2.24) is 9.97 Å². The molecule has 3 nitrogen and oxygen atoms in total. The van der Waals surface area contributed by atoms with E-state index in [1.165, 1.54) is 6.07 Å². The van der Waals surface area contributed by atoms with Crippen LogP contribution < -0.4 is 5.73 Å². The van der Waals surface area contributed by atoms with Crippen molar-refractivity contribution in [1.29, 1.82) is 0 Å². The van der Waals surface area contributed by atoms with Crippen LogP contribution in [0.3, 0.4) is 0 Å². The van der Waals surface area contributed by atoms with Gasteiger partial charge in [-0.05, 0) is 12.1 Å². The van der Waals surface area contributed by atoms with Crippen LogP contribution in [0, 0.1) is 5.82 Å². The minimum absolute atomic E-state index is 0.258. The normalized spacial score (nSPS) is 12.3. The quantitative estimate of drug-likeness (QED) is 0.790. The van der Waals surface area contributed by atoms with E-state index in [-0.39, 0.29) is 11.2 Å². The molecule has 4 heteroatoms. The molecule has 0 atom stereocenters. The highest BCUT2D eigenvalue weighted by Crippen LogP contribution is 2.23. The van der Waals surface area contributed by atoms with Gasteiger partial charge < -0.3 is 10.7 Å². The summed E-state index contributed by atoms with van der Waals surface area (Å²) >= 11 is 0. The number of halogens is 1. The van der Waals surface area contributed by atoms with Gasteiger partial charge in [-0.15, -0.1) is 0 Å². The Kier molecular flexibility index (Phi) is 2.23. The number of H-pyrrole nitrogens is 1. The Morgan fingerprint density at radius 1 is 1.47 bits per heavy atom. The summed E-state index contributed by atoms with van der Waals surface area (Å²) < 4.78 is 13.4. The molecule has 0 aliphatic carbocycles. The molecule has 2 rings (SSSR count). The summed E-state index contributed by atoms with van der Waals surface area (Å²) in [5, 5.41) is 0. The van der Waals surface area contributed by atoms with Gasteiger partial charge in [0.15, 0.2) is 5.82 Å². The number of nitrogens with one attached hydrogen (secondary N) is 1. The van der Waals surface area contributed by atoms with E-state index in [0.29, 0.717) is 17.6 Å².